The average Bonchev–Trinajstić information content (AvgIpc) is 3.39. The van der Waals surface area contributed by atoms with Gasteiger partial charge < -0.3 is 14.1 Å². The van der Waals surface area contributed by atoms with E-state index in [1.165, 1.54) is 0 Å². The SMILES string of the molecule is COc1ccc(C(=O)N2CCC(c3nnc(-c4ccco4)s3)CC2)cc1. The van der Waals surface area contributed by atoms with Gasteiger partial charge >= 0.3 is 0 Å². The van der Waals surface area contributed by atoms with Gasteiger partial charge in [0.05, 0.1) is 13.4 Å². The fourth-order valence-electron chi connectivity index (χ4n) is 3.15. The molecule has 6 nitrogen and oxygen atoms in total. The third-order valence-corrected chi connectivity index (χ3v) is 5.74. The van der Waals surface area contributed by atoms with Crippen molar-refractivity contribution in [1.29, 1.82) is 0 Å². The van der Waals surface area contributed by atoms with Gasteiger partial charge in [-0.25, -0.2) is 0 Å². The second-order valence-corrected chi connectivity index (χ2v) is 7.23. The summed E-state index contributed by atoms with van der Waals surface area (Å²) in [5.41, 5.74) is 0.695. The van der Waals surface area contributed by atoms with Crippen LogP contribution in [0.3, 0.4) is 0 Å². The largest absolute Gasteiger partial charge is 0.497 e. The number of carbonyl (C=O) groups is 1. The number of carbonyl (C=O) groups excluding carboxylic acids is 1. The topological polar surface area (TPSA) is 68.5 Å². The number of aromatic nitrogens is 2. The maximum Gasteiger partial charge on any atom is 0.253 e. The Balaban J connectivity index is 1.38. The predicted octanol–water partition coefficient (Wildman–Crippen LogP) is 3.83. The van der Waals surface area contributed by atoms with Gasteiger partial charge in [-0.1, -0.05) is 11.3 Å². The van der Waals surface area contributed by atoms with Crippen molar-refractivity contribution in [2.75, 3.05) is 20.2 Å². The van der Waals surface area contributed by atoms with Gasteiger partial charge in [0.1, 0.15) is 10.8 Å². The number of furan rings is 1. The smallest absolute Gasteiger partial charge is 0.253 e. The summed E-state index contributed by atoms with van der Waals surface area (Å²) in [7, 11) is 1.62. The molecular weight excluding hydrogens is 350 g/mol. The van der Waals surface area contributed by atoms with E-state index < -0.39 is 0 Å². The number of nitrogens with zero attached hydrogens (tertiary/aromatic N) is 3. The minimum atomic E-state index is 0.0691. The molecule has 4 rings (SSSR count). The van der Waals surface area contributed by atoms with Crippen LogP contribution in [0.1, 0.15) is 34.1 Å². The molecule has 1 fully saturated rings. The Kier molecular flexibility index (Phi) is 4.71. The lowest BCUT2D eigenvalue weighted by molar-refractivity contribution is 0.0713. The highest BCUT2D eigenvalue weighted by Gasteiger charge is 2.27. The molecular formula is C19H19N3O3S. The van der Waals surface area contributed by atoms with Gasteiger partial charge in [0, 0.05) is 24.6 Å². The van der Waals surface area contributed by atoms with E-state index in [0.717, 1.165) is 47.5 Å². The van der Waals surface area contributed by atoms with Crippen LogP contribution in [0.15, 0.2) is 47.1 Å². The molecule has 0 unspecified atom stereocenters. The minimum Gasteiger partial charge on any atom is -0.497 e. The molecule has 1 aliphatic rings. The lowest BCUT2D eigenvalue weighted by atomic mass is 9.97. The number of piperidine rings is 1. The number of amides is 1. The molecule has 3 aromatic rings. The number of hydrogen-bond donors (Lipinski definition) is 0. The van der Waals surface area contributed by atoms with Gasteiger partial charge in [0.15, 0.2) is 10.8 Å². The lowest BCUT2D eigenvalue weighted by Crippen LogP contribution is -2.37. The molecule has 3 heterocycles. The van der Waals surface area contributed by atoms with Gasteiger partial charge in [-0.05, 0) is 49.2 Å². The number of ether oxygens (including phenoxy) is 1. The van der Waals surface area contributed by atoms with Gasteiger partial charge in [-0.2, -0.15) is 0 Å². The molecule has 26 heavy (non-hydrogen) atoms. The first-order chi connectivity index (χ1) is 12.7. The Bertz CT molecular complexity index is 866. The van der Waals surface area contributed by atoms with Gasteiger partial charge in [-0.15, -0.1) is 10.2 Å². The molecule has 0 bridgehead atoms. The molecule has 1 aliphatic heterocycles. The number of likely N-dealkylation sites (tertiary alicyclic amines) is 1. The number of rotatable bonds is 4. The van der Waals surface area contributed by atoms with Crippen LogP contribution in [0.4, 0.5) is 0 Å². The van der Waals surface area contributed by atoms with Crippen LogP contribution in [0.2, 0.25) is 0 Å². The summed E-state index contributed by atoms with van der Waals surface area (Å²) in [6.07, 6.45) is 3.43. The van der Waals surface area contributed by atoms with E-state index in [1.54, 1.807) is 24.7 Å². The van der Waals surface area contributed by atoms with Crippen molar-refractivity contribution in [3.8, 4) is 16.5 Å². The fourth-order valence-corrected chi connectivity index (χ4v) is 4.13. The summed E-state index contributed by atoms with van der Waals surface area (Å²) in [4.78, 5) is 14.6. The van der Waals surface area contributed by atoms with E-state index in [0.29, 0.717) is 11.5 Å². The van der Waals surface area contributed by atoms with Crippen LogP contribution < -0.4 is 4.74 Å². The zero-order valence-electron chi connectivity index (χ0n) is 14.4. The predicted molar refractivity (Wildman–Crippen MR) is 98.5 cm³/mol. The average molecular weight is 369 g/mol. The van der Waals surface area contributed by atoms with Crippen molar-refractivity contribution < 1.29 is 13.9 Å². The third-order valence-electron chi connectivity index (χ3n) is 4.64. The van der Waals surface area contributed by atoms with Crippen molar-refractivity contribution in [3.05, 3.63) is 53.2 Å². The molecule has 134 valence electrons. The summed E-state index contributed by atoms with van der Waals surface area (Å²) in [6, 6.07) is 11.0. The molecule has 0 saturated carbocycles. The van der Waals surface area contributed by atoms with E-state index in [-0.39, 0.29) is 5.91 Å². The van der Waals surface area contributed by atoms with Crippen LogP contribution in [-0.4, -0.2) is 41.2 Å². The molecule has 1 amide bonds. The molecule has 0 spiro atoms. The Morgan fingerprint density at radius 1 is 1.19 bits per heavy atom. The highest BCUT2D eigenvalue weighted by molar-refractivity contribution is 7.14. The first-order valence-electron chi connectivity index (χ1n) is 8.55. The van der Waals surface area contributed by atoms with E-state index in [2.05, 4.69) is 10.2 Å². The van der Waals surface area contributed by atoms with Crippen LogP contribution in [0, 0.1) is 0 Å². The first kappa shape index (κ1) is 16.8. The van der Waals surface area contributed by atoms with Crippen LogP contribution in [0.25, 0.3) is 10.8 Å². The maximum atomic E-state index is 12.6. The highest BCUT2D eigenvalue weighted by atomic mass is 32.1. The standard InChI is InChI=1S/C19H19N3O3S/c1-24-15-6-4-14(5-7-15)19(23)22-10-8-13(9-11-22)17-20-21-18(26-17)16-3-2-12-25-16/h2-7,12-13H,8-11H2,1H3. The zero-order chi connectivity index (χ0) is 17.9. The summed E-state index contributed by atoms with van der Waals surface area (Å²) in [5.74, 6) is 1.92. The minimum absolute atomic E-state index is 0.0691. The maximum absolute atomic E-state index is 12.6. The number of hydrogen-bond acceptors (Lipinski definition) is 6. The Morgan fingerprint density at radius 2 is 1.96 bits per heavy atom. The Hall–Kier alpha value is -2.67. The number of methoxy groups -OCH3 is 1. The highest BCUT2D eigenvalue weighted by Crippen LogP contribution is 2.33. The lowest BCUT2D eigenvalue weighted by Gasteiger charge is -2.31. The summed E-state index contributed by atoms with van der Waals surface area (Å²) < 4.78 is 10.5. The van der Waals surface area contributed by atoms with Gasteiger partial charge in [-0.3, -0.25) is 4.79 Å². The molecule has 1 aromatic carbocycles. The van der Waals surface area contributed by atoms with Crippen LogP contribution >= 0.6 is 11.3 Å². The quantitative estimate of drug-likeness (QED) is 0.699. The molecule has 0 radical (unpaired) electrons. The zero-order valence-corrected chi connectivity index (χ0v) is 15.2. The fraction of sp³-hybridized carbons (Fsp3) is 0.316. The second kappa shape index (κ2) is 7.29. The molecule has 0 atom stereocenters. The molecule has 1 saturated heterocycles. The summed E-state index contributed by atoms with van der Waals surface area (Å²) in [5, 5.41) is 10.4. The second-order valence-electron chi connectivity index (χ2n) is 6.22. The van der Waals surface area contributed by atoms with Gasteiger partial charge in [0.2, 0.25) is 0 Å². The Morgan fingerprint density at radius 3 is 2.62 bits per heavy atom. The van der Waals surface area contributed by atoms with Crippen molar-refractivity contribution >= 4 is 17.2 Å². The van der Waals surface area contributed by atoms with Crippen molar-refractivity contribution in [2.24, 2.45) is 0 Å². The summed E-state index contributed by atoms with van der Waals surface area (Å²) in [6.45, 7) is 1.45. The molecule has 7 heteroatoms. The van der Waals surface area contributed by atoms with Crippen molar-refractivity contribution in [2.45, 2.75) is 18.8 Å². The van der Waals surface area contributed by atoms with E-state index >= 15 is 0 Å². The van der Waals surface area contributed by atoms with E-state index in [9.17, 15) is 4.79 Å². The Labute approximate surface area is 155 Å². The monoisotopic (exact) mass is 369 g/mol. The van der Waals surface area contributed by atoms with Crippen LogP contribution in [-0.2, 0) is 0 Å². The normalized spacial score (nSPS) is 15.2. The van der Waals surface area contributed by atoms with Crippen LogP contribution in [0.5, 0.6) is 5.75 Å². The van der Waals surface area contributed by atoms with Gasteiger partial charge in [0.25, 0.3) is 5.91 Å². The van der Waals surface area contributed by atoms with E-state index in [1.807, 2.05) is 41.3 Å². The third kappa shape index (κ3) is 3.35. The van der Waals surface area contributed by atoms with Crippen molar-refractivity contribution in [1.82, 2.24) is 15.1 Å². The van der Waals surface area contributed by atoms with E-state index in [4.69, 9.17) is 9.15 Å². The summed E-state index contributed by atoms with van der Waals surface area (Å²) >= 11 is 1.57. The number of benzene rings is 1. The molecule has 2 aromatic heterocycles. The molecule has 0 aliphatic carbocycles. The molecule has 0 N–H and O–H groups in total. The first-order valence-corrected chi connectivity index (χ1v) is 9.37. The van der Waals surface area contributed by atoms with Crippen molar-refractivity contribution in [3.63, 3.8) is 0 Å².